The number of anilines is 1. The second-order valence-corrected chi connectivity index (χ2v) is 3.90. The molecule has 0 radical (unpaired) electrons. The SMILES string of the molecule is CCn1cc(Br)nc1NC1CC1. The highest BCUT2D eigenvalue weighted by Crippen LogP contribution is 2.25. The van der Waals surface area contributed by atoms with Crippen LogP contribution in [0.4, 0.5) is 5.95 Å². The largest absolute Gasteiger partial charge is 0.353 e. The maximum atomic E-state index is 4.33. The molecule has 3 nitrogen and oxygen atoms in total. The van der Waals surface area contributed by atoms with Gasteiger partial charge in [0.05, 0.1) is 0 Å². The van der Waals surface area contributed by atoms with Gasteiger partial charge < -0.3 is 9.88 Å². The number of hydrogen-bond donors (Lipinski definition) is 1. The molecule has 12 heavy (non-hydrogen) atoms. The zero-order chi connectivity index (χ0) is 8.55. The maximum Gasteiger partial charge on any atom is 0.204 e. The van der Waals surface area contributed by atoms with E-state index in [-0.39, 0.29) is 0 Å². The number of nitrogens with one attached hydrogen (secondary N) is 1. The summed E-state index contributed by atoms with van der Waals surface area (Å²) >= 11 is 3.36. The van der Waals surface area contributed by atoms with Crippen LogP contribution in [-0.2, 0) is 6.54 Å². The molecule has 4 heteroatoms. The predicted octanol–water partition coefficient (Wildman–Crippen LogP) is 2.24. The Morgan fingerprint density at radius 2 is 2.50 bits per heavy atom. The average molecular weight is 230 g/mol. The Morgan fingerprint density at radius 3 is 3.08 bits per heavy atom. The summed E-state index contributed by atoms with van der Waals surface area (Å²) in [5.74, 6) is 0.992. The van der Waals surface area contributed by atoms with Gasteiger partial charge in [-0.3, -0.25) is 0 Å². The molecule has 0 saturated heterocycles. The van der Waals surface area contributed by atoms with E-state index < -0.39 is 0 Å². The highest BCUT2D eigenvalue weighted by Gasteiger charge is 2.22. The molecule has 0 unspecified atom stereocenters. The van der Waals surface area contributed by atoms with Gasteiger partial charge in [0.25, 0.3) is 0 Å². The molecule has 0 bridgehead atoms. The van der Waals surface area contributed by atoms with E-state index in [0.717, 1.165) is 17.1 Å². The minimum Gasteiger partial charge on any atom is -0.353 e. The number of aryl methyl sites for hydroxylation is 1. The summed E-state index contributed by atoms with van der Waals surface area (Å²) in [4.78, 5) is 4.33. The first-order valence-electron chi connectivity index (χ1n) is 4.29. The molecule has 1 aliphatic carbocycles. The van der Waals surface area contributed by atoms with E-state index in [1.54, 1.807) is 0 Å². The number of nitrogens with zero attached hydrogens (tertiary/aromatic N) is 2. The third-order valence-electron chi connectivity index (χ3n) is 2.00. The van der Waals surface area contributed by atoms with Crippen molar-refractivity contribution in [1.82, 2.24) is 9.55 Å². The zero-order valence-electron chi connectivity index (χ0n) is 7.05. The molecule has 0 amide bonds. The van der Waals surface area contributed by atoms with Crippen LogP contribution in [0.3, 0.4) is 0 Å². The van der Waals surface area contributed by atoms with E-state index in [1.807, 2.05) is 6.20 Å². The van der Waals surface area contributed by atoms with Crippen molar-refractivity contribution in [3.63, 3.8) is 0 Å². The molecule has 66 valence electrons. The second-order valence-electron chi connectivity index (χ2n) is 3.09. The van der Waals surface area contributed by atoms with Crippen LogP contribution >= 0.6 is 15.9 Å². The lowest BCUT2D eigenvalue weighted by molar-refractivity contribution is 0.762. The predicted molar refractivity (Wildman–Crippen MR) is 52.2 cm³/mol. The molecule has 0 spiro atoms. The van der Waals surface area contributed by atoms with Gasteiger partial charge in [0.1, 0.15) is 4.60 Å². The van der Waals surface area contributed by atoms with Crippen LogP contribution in [0.25, 0.3) is 0 Å². The van der Waals surface area contributed by atoms with E-state index >= 15 is 0 Å². The molecule has 0 aliphatic heterocycles. The van der Waals surface area contributed by atoms with Crippen molar-refractivity contribution in [2.75, 3.05) is 5.32 Å². The molecule has 1 N–H and O–H groups in total. The molecule has 1 aliphatic rings. The first-order chi connectivity index (χ1) is 5.79. The van der Waals surface area contributed by atoms with Gasteiger partial charge in [0, 0.05) is 18.8 Å². The van der Waals surface area contributed by atoms with Gasteiger partial charge in [0.15, 0.2) is 0 Å². The Hall–Kier alpha value is -0.510. The van der Waals surface area contributed by atoms with Crippen LogP contribution in [-0.4, -0.2) is 15.6 Å². The van der Waals surface area contributed by atoms with Gasteiger partial charge in [-0.25, -0.2) is 4.98 Å². The summed E-state index contributed by atoms with van der Waals surface area (Å²) in [7, 11) is 0. The van der Waals surface area contributed by atoms with Gasteiger partial charge in [-0.2, -0.15) is 0 Å². The van der Waals surface area contributed by atoms with Crippen LogP contribution in [0, 0.1) is 0 Å². The summed E-state index contributed by atoms with van der Waals surface area (Å²) in [5.41, 5.74) is 0. The summed E-state index contributed by atoms with van der Waals surface area (Å²) in [6.45, 7) is 3.08. The summed E-state index contributed by atoms with van der Waals surface area (Å²) in [6.07, 6.45) is 4.58. The van der Waals surface area contributed by atoms with E-state index in [4.69, 9.17) is 0 Å². The van der Waals surface area contributed by atoms with Crippen LogP contribution in [0.2, 0.25) is 0 Å². The van der Waals surface area contributed by atoms with E-state index in [0.29, 0.717) is 6.04 Å². The normalized spacial score (nSPS) is 16.5. The van der Waals surface area contributed by atoms with Gasteiger partial charge in [-0.15, -0.1) is 0 Å². The fourth-order valence-electron chi connectivity index (χ4n) is 1.15. The molecule has 2 rings (SSSR count). The van der Waals surface area contributed by atoms with Crippen molar-refractivity contribution in [3.8, 4) is 0 Å². The minimum absolute atomic E-state index is 0.671. The lowest BCUT2D eigenvalue weighted by Crippen LogP contribution is -2.07. The average Bonchev–Trinajstić information content (AvgIpc) is 2.76. The Kier molecular flexibility index (Phi) is 2.09. The molecule has 1 aromatic rings. The Labute approximate surface area is 80.3 Å². The molecule has 1 fully saturated rings. The van der Waals surface area contributed by atoms with E-state index in [2.05, 4.69) is 37.7 Å². The quantitative estimate of drug-likeness (QED) is 0.862. The molecule has 0 aromatic carbocycles. The summed E-state index contributed by atoms with van der Waals surface area (Å²) in [6, 6.07) is 0.671. The van der Waals surface area contributed by atoms with E-state index in [9.17, 15) is 0 Å². The Bertz CT molecular complexity index is 278. The first kappa shape index (κ1) is 8.10. The van der Waals surface area contributed by atoms with Crippen LogP contribution in [0.15, 0.2) is 10.8 Å². The van der Waals surface area contributed by atoms with Crippen molar-refractivity contribution >= 4 is 21.9 Å². The third kappa shape index (κ3) is 1.63. The van der Waals surface area contributed by atoms with Crippen molar-refractivity contribution in [3.05, 3.63) is 10.8 Å². The number of imidazole rings is 1. The van der Waals surface area contributed by atoms with Crippen LogP contribution in [0.1, 0.15) is 19.8 Å². The highest BCUT2D eigenvalue weighted by atomic mass is 79.9. The summed E-state index contributed by atoms with van der Waals surface area (Å²) < 4.78 is 3.02. The first-order valence-corrected chi connectivity index (χ1v) is 5.08. The maximum absolute atomic E-state index is 4.33. The molecule has 0 atom stereocenters. The molecule has 1 aromatic heterocycles. The van der Waals surface area contributed by atoms with Gasteiger partial charge in [0.2, 0.25) is 5.95 Å². The summed E-state index contributed by atoms with van der Waals surface area (Å²) in [5, 5.41) is 3.38. The van der Waals surface area contributed by atoms with Gasteiger partial charge in [-0.05, 0) is 35.7 Å². The topological polar surface area (TPSA) is 29.9 Å². The number of halogens is 1. The lowest BCUT2D eigenvalue weighted by atomic mass is 10.6. The number of rotatable bonds is 3. The second kappa shape index (κ2) is 3.09. The standard InChI is InChI=1S/C8H12BrN3/c1-2-12-5-7(9)11-8(12)10-6-3-4-6/h5-6H,2-4H2,1H3,(H,10,11). The minimum atomic E-state index is 0.671. The third-order valence-corrected chi connectivity index (χ3v) is 2.38. The van der Waals surface area contributed by atoms with E-state index in [1.165, 1.54) is 12.8 Å². The number of aromatic nitrogens is 2. The smallest absolute Gasteiger partial charge is 0.204 e. The van der Waals surface area contributed by atoms with Crippen molar-refractivity contribution in [2.45, 2.75) is 32.4 Å². The van der Waals surface area contributed by atoms with Crippen molar-refractivity contribution in [2.24, 2.45) is 0 Å². The fraction of sp³-hybridized carbons (Fsp3) is 0.625. The molecular formula is C8H12BrN3. The van der Waals surface area contributed by atoms with Gasteiger partial charge >= 0.3 is 0 Å². The lowest BCUT2D eigenvalue weighted by Gasteiger charge is -2.04. The van der Waals surface area contributed by atoms with Crippen LogP contribution in [0.5, 0.6) is 0 Å². The van der Waals surface area contributed by atoms with Crippen molar-refractivity contribution < 1.29 is 0 Å². The Balaban J connectivity index is 2.15. The number of hydrogen-bond acceptors (Lipinski definition) is 2. The highest BCUT2D eigenvalue weighted by molar-refractivity contribution is 9.10. The molecule has 1 heterocycles. The fourth-order valence-corrected chi connectivity index (χ4v) is 1.57. The molecular weight excluding hydrogens is 218 g/mol. The monoisotopic (exact) mass is 229 g/mol. The Morgan fingerprint density at radius 1 is 1.75 bits per heavy atom. The molecule has 1 saturated carbocycles. The van der Waals surface area contributed by atoms with Crippen LogP contribution < -0.4 is 5.32 Å². The van der Waals surface area contributed by atoms with Crippen molar-refractivity contribution in [1.29, 1.82) is 0 Å². The zero-order valence-corrected chi connectivity index (χ0v) is 8.63. The van der Waals surface area contributed by atoms with Gasteiger partial charge in [-0.1, -0.05) is 0 Å².